The Bertz CT molecular complexity index is 307. The molecule has 1 aromatic carbocycles. The van der Waals surface area contributed by atoms with Crippen LogP contribution in [-0.2, 0) is 19.4 Å². The van der Waals surface area contributed by atoms with Crippen LogP contribution in [0.4, 0.5) is 0 Å². The molecular formula is C10H12ClN. The molecule has 0 radical (unpaired) electrons. The standard InChI is InChI=1S/C10H12ClN/c11-10-5-4-7(6-12)8-2-1-3-9(8)10/h4-5H,1-3,6,12H2. The lowest BCUT2D eigenvalue weighted by Gasteiger charge is -2.06. The zero-order chi connectivity index (χ0) is 8.55. The Balaban J connectivity index is 2.57. The Morgan fingerprint density at radius 3 is 2.75 bits per heavy atom. The summed E-state index contributed by atoms with van der Waals surface area (Å²) < 4.78 is 0. The summed E-state index contributed by atoms with van der Waals surface area (Å²) in [6.45, 7) is 0.638. The molecule has 1 aliphatic rings. The van der Waals surface area contributed by atoms with Crippen molar-refractivity contribution in [2.24, 2.45) is 5.73 Å². The Kier molecular flexibility index (Phi) is 2.07. The lowest BCUT2D eigenvalue weighted by Crippen LogP contribution is -2.01. The van der Waals surface area contributed by atoms with Gasteiger partial charge in [0.15, 0.2) is 0 Å². The highest BCUT2D eigenvalue weighted by molar-refractivity contribution is 6.31. The maximum absolute atomic E-state index is 6.06. The van der Waals surface area contributed by atoms with Crippen molar-refractivity contribution < 1.29 is 0 Å². The van der Waals surface area contributed by atoms with Crippen molar-refractivity contribution in [2.45, 2.75) is 25.8 Å². The first-order valence-corrected chi connectivity index (χ1v) is 4.70. The summed E-state index contributed by atoms with van der Waals surface area (Å²) >= 11 is 6.06. The highest BCUT2D eigenvalue weighted by Crippen LogP contribution is 2.31. The quantitative estimate of drug-likeness (QED) is 0.707. The van der Waals surface area contributed by atoms with Crippen LogP contribution in [0.25, 0.3) is 0 Å². The molecule has 0 heterocycles. The van der Waals surface area contributed by atoms with Crippen molar-refractivity contribution in [3.63, 3.8) is 0 Å². The number of hydrogen-bond donors (Lipinski definition) is 1. The van der Waals surface area contributed by atoms with Crippen LogP contribution in [0, 0.1) is 0 Å². The third-order valence-corrected chi connectivity index (χ3v) is 2.90. The second kappa shape index (κ2) is 3.08. The van der Waals surface area contributed by atoms with Crippen molar-refractivity contribution in [2.75, 3.05) is 0 Å². The fourth-order valence-corrected chi connectivity index (χ4v) is 2.20. The summed E-state index contributed by atoms with van der Waals surface area (Å²) in [5.74, 6) is 0. The normalized spacial score (nSPS) is 14.8. The van der Waals surface area contributed by atoms with Crippen LogP contribution in [-0.4, -0.2) is 0 Å². The van der Waals surface area contributed by atoms with E-state index in [2.05, 4.69) is 0 Å². The first-order valence-electron chi connectivity index (χ1n) is 4.32. The molecule has 64 valence electrons. The maximum Gasteiger partial charge on any atom is 0.0440 e. The predicted octanol–water partition coefficient (Wildman–Crippen LogP) is 2.29. The van der Waals surface area contributed by atoms with Gasteiger partial charge < -0.3 is 5.73 Å². The maximum atomic E-state index is 6.06. The molecule has 0 saturated carbocycles. The van der Waals surface area contributed by atoms with Gasteiger partial charge in [0.2, 0.25) is 0 Å². The molecule has 2 N–H and O–H groups in total. The van der Waals surface area contributed by atoms with Crippen LogP contribution in [0.2, 0.25) is 5.02 Å². The molecular weight excluding hydrogens is 170 g/mol. The zero-order valence-electron chi connectivity index (χ0n) is 6.94. The van der Waals surface area contributed by atoms with E-state index in [0.717, 1.165) is 17.9 Å². The van der Waals surface area contributed by atoms with E-state index in [9.17, 15) is 0 Å². The largest absolute Gasteiger partial charge is 0.326 e. The number of halogens is 1. The van der Waals surface area contributed by atoms with Gasteiger partial charge in [0.1, 0.15) is 0 Å². The van der Waals surface area contributed by atoms with E-state index in [1.165, 1.54) is 23.1 Å². The van der Waals surface area contributed by atoms with E-state index >= 15 is 0 Å². The fraction of sp³-hybridized carbons (Fsp3) is 0.400. The number of benzene rings is 1. The highest BCUT2D eigenvalue weighted by Gasteiger charge is 2.16. The molecule has 1 nitrogen and oxygen atoms in total. The van der Waals surface area contributed by atoms with Gasteiger partial charge in [-0.1, -0.05) is 17.7 Å². The summed E-state index contributed by atoms with van der Waals surface area (Å²) in [4.78, 5) is 0. The van der Waals surface area contributed by atoms with E-state index in [-0.39, 0.29) is 0 Å². The Labute approximate surface area is 77.5 Å². The van der Waals surface area contributed by atoms with Gasteiger partial charge in [0.05, 0.1) is 0 Å². The van der Waals surface area contributed by atoms with Crippen LogP contribution in [0.5, 0.6) is 0 Å². The molecule has 0 fully saturated rings. The van der Waals surface area contributed by atoms with E-state index in [4.69, 9.17) is 17.3 Å². The molecule has 0 spiro atoms. The van der Waals surface area contributed by atoms with Crippen molar-refractivity contribution >= 4 is 11.6 Å². The van der Waals surface area contributed by atoms with Crippen LogP contribution >= 0.6 is 11.6 Å². The van der Waals surface area contributed by atoms with Crippen LogP contribution < -0.4 is 5.73 Å². The molecule has 0 aliphatic heterocycles. The lowest BCUT2D eigenvalue weighted by atomic mass is 10.0. The van der Waals surface area contributed by atoms with Gasteiger partial charge in [-0.25, -0.2) is 0 Å². The van der Waals surface area contributed by atoms with Crippen molar-refractivity contribution in [1.29, 1.82) is 0 Å². The molecule has 1 aliphatic carbocycles. The monoisotopic (exact) mass is 181 g/mol. The minimum absolute atomic E-state index is 0.638. The van der Waals surface area contributed by atoms with Gasteiger partial charge in [-0.15, -0.1) is 0 Å². The average Bonchev–Trinajstić information content (AvgIpc) is 2.54. The van der Waals surface area contributed by atoms with Crippen LogP contribution in [0.1, 0.15) is 23.1 Å². The first kappa shape index (κ1) is 8.09. The highest BCUT2D eigenvalue weighted by atomic mass is 35.5. The third kappa shape index (κ3) is 1.13. The summed E-state index contributed by atoms with van der Waals surface area (Å²) in [5, 5.41) is 0.916. The number of nitrogens with two attached hydrogens (primary N) is 1. The van der Waals surface area contributed by atoms with Crippen molar-refractivity contribution in [3.05, 3.63) is 33.8 Å². The van der Waals surface area contributed by atoms with Gasteiger partial charge >= 0.3 is 0 Å². The zero-order valence-corrected chi connectivity index (χ0v) is 7.69. The Morgan fingerprint density at radius 2 is 2.00 bits per heavy atom. The van der Waals surface area contributed by atoms with Gasteiger partial charge in [0, 0.05) is 11.6 Å². The molecule has 0 aromatic heterocycles. The van der Waals surface area contributed by atoms with E-state index in [0.29, 0.717) is 6.54 Å². The molecule has 1 aromatic rings. The summed E-state index contributed by atoms with van der Waals surface area (Å²) in [6.07, 6.45) is 3.51. The van der Waals surface area contributed by atoms with Crippen LogP contribution in [0.3, 0.4) is 0 Å². The Hall–Kier alpha value is -0.530. The van der Waals surface area contributed by atoms with Crippen molar-refractivity contribution in [1.82, 2.24) is 0 Å². The average molecular weight is 182 g/mol. The fourth-order valence-electron chi connectivity index (χ4n) is 1.93. The van der Waals surface area contributed by atoms with Crippen LogP contribution in [0.15, 0.2) is 12.1 Å². The van der Waals surface area contributed by atoms with E-state index < -0.39 is 0 Å². The molecule has 2 heteroatoms. The van der Waals surface area contributed by atoms with E-state index in [1.807, 2.05) is 12.1 Å². The smallest absolute Gasteiger partial charge is 0.0440 e. The number of rotatable bonds is 1. The molecule has 2 rings (SSSR count). The lowest BCUT2D eigenvalue weighted by molar-refractivity contribution is 0.903. The molecule has 12 heavy (non-hydrogen) atoms. The summed E-state index contributed by atoms with van der Waals surface area (Å²) in [5.41, 5.74) is 9.64. The topological polar surface area (TPSA) is 26.0 Å². The molecule has 0 atom stereocenters. The molecule has 0 bridgehead atoms. The minimum Gasteiger partial charge on any atom is -0.326 e. The second-order valence-electron chi connectivity index (χ2n) is 3.22. The number of fused-ring (bicyclic) bond motifs is 1. The third-order valence-electron chi connectivity index (χ3n) is 2.54. The minimum atomic E-state index is 0.638. The van der Waals surface area contributed by atoms with Gasteiger partial charge in [-0.2, -0.15) is 0 Å². The molecule has 0 unspecified atom stereocenters. The summed E-state index contributed by atoms with van der Waals surface area (Å²) in [7, 11) is 0. The molecule has 0 amide bonds. The Morgan fingerprint density at radius 1 is 1.25 bits per heavy atom. The van der Waals surface area contributed by atoms with E-state index in [1.54, 1.807) is 0 Å². The first-order chi connectivity index (χ1) is 5.83. The van der Waals surface area contributed by atoms with Gasteiger partial charge in [0.25, 0.3) is 0 Å². The SMILES string of the molecule is NCc1ccc(Cl)c2c1CCC2. The van der Waals surface area contributed by atoms with Gasteiger partial charge in [-0.05, 0) is 42.0 Å². The summed E-state index contributed by atoms with van der Waals surface area (Å²) in [6, 6.07) is 4.01. The van der Waals surface area contributed by atoms with Crippen molar-refractivity contribution in [3.8, 4) is 0 Å². The predicted molar refractivity (Wildman–Crippen MR) is 51.4 cm³/mol. The molecule has 0 saturated heterocycles. The second-order valence-corrected chi connectivity index (χ2v) is 3.63. The van der Waals surface area contributed by atoms with Gasteiger partial charge in [-0.3, -0.25) is 0 Å². The number of hydrogen-bond acceptors (Lipinski definition) is 1.